The Morgan fingerprint density at radius 2 is 1.69 bits per heavy atom. The lowest BCUT2D eigenvalue weighted by Gasteiger charge is -2.32. The first kappa shape index (κ1) is 20.4. The molecule has 1 aliphatic carbocycles. The molecule has 2 aliphatic heterocycles. The fourth-order valence-corrected chi connectivity index (χ4v) is 6.48. The Labute approximate surface area is 171 Å². The topological polar surface area (TPSA) is 32.3 Å². The fraction of sp³-hybridized carbons (Fsp3) is 0.650. The van der Waals surface area contributed by atoms with Gasteiger partial charge in [0.25, 0.3) is 5.91 Å². The van der Waals surface area contributed by atoms with Crippen molar-refractivity contribution in [2.75, 3.05) is 31.1 Å². The zero-order chi connectivity index (χ0) is 17.1. The predicted molar refractivity (Wildman–Crippen MR) is 116 cm³/mol. The fourth-order valence-electron chi connectivity index (χ4n) is 3.59. The van der Waals surface area contributed by atoms with Gasteiger partial charge in [-0.25, -0.2) is 0 Å². The van der Waals surface area contributed by atoms with E-state index in [0.29, 0.717) is 10.6 Å². The second kappa shape index (κ2) is 9.72. The van der Waals surface area contributed by atoms with Crippen molar-refractivity contribution >= 4 is 41.8 Å². The minimum absolute atomic E-state index is 0. The summed E-state index contributed by atoms with van der Waals surface area (Å²) in [7, 11) is 0. The second-order valence-electron chi connectivity index (χ2n) is 7.47. The molecule has 1 aromatic rings. The Morgan fingerprint density at radius 1 is 1.04 bits per heavy atom. The first-order valence-corrected chi connectivity index (χ1v) is 11.7. The van der Waals surface area contributed by atoms with Crippen molar-refractivity contribution in [1.82, 2.24) is 10.2 Å². The van der Waals surface area contributed by atoms with E-state index in [1.54, 1.807) is 0 Å². The van der Waals surface area contributed by atoms with Gasteiger partial charge < -0.3 is 10.2 Å². The number of halogens is 1. The SMILES string of the molecule is Cl.O=C(c1ccc(C2SCCCS2)cc1)N1CCC(NCC2CC2)CC1. The normalized spacial score (nSPS) is 22.1. The maximum Gasteiger partial charge on any atom is 0.253 e. The van der Waals surface area contributed by atoms with Gasteiger partial charge in [0, 0.05) is 24.7 Å². The van der Waals surface area contributed by atoms with Crippen molar-refractivity contribution < 1.29 is 4.79 Å². The summed E-state index contributed by atoms with van der Waals surface area (Å²) in [6.07, 6.45) is 6.29. The summed E-state index contributed by atoms with van der Waals surface area (Å²) >= 11 is 4.06. The van der Waals surface area contributed by atoms with E-state index < -0.39 is 0 Å². The lowest BCUT2D eigenvalue weighted by molar-refractivity contribution is 0.0705. The number of carbonyl (C=O) groups excluding carboxylic acids is 1. The molecule has 3 nitrogen and oxygen atoms in total. The molecule has 0 bridgehead atoms. The first-order valence-electron chi connectivity index (χ1n) is 9.65. The third-order valence-corrected chi connectivity index (χ3v) is 8.45. The molecule has 0 spiro atoms. The minimum atomic E-state index is 0. The molecule has 144 valence electrons. The van der Waals surface area contributed by atoms with Crippen molar-refractivity contribution in [2.45, 2.75) is 42.7 Å². The van der Waals surface area contributed by atoms with Gasteiger partial charge in [0.05, 0.1) is 4.58 Å². The molecule has 2 saturated heterocycles. The van der Waals surface area contributed by atoms with E-state index in [1.807, 2.05) is 40.6 Å². The van der Waals surface area contributed by atoms with E-state index in [-0.39, 0.29) is 18.3 Å². The summed E-state index contributed by atoms with van der Waals surface area (Å²) in [6, 6.07) is 8.99. The van der Waals surface area contributed by atoms with Gasteiger partial charge in [-0.1, -0.05) is 12.1 Å². The van der Waals surface area contributed by atoms with E-state index >= 15 is 0 Å². The van der Waals surface area contributed by atoms with Crippen molar-refractivity contribution in [1.29, 1.82) is 0 Å². The van der Waals surface area contributed by atoms with Crippen LogP contribution in [-0.2, 0) is 0 Å². The van der Waals surface area contributed by atoms with Crippen LogP contribution in [0, 0.1) is 5.92 Å². The molecule has 0 atom stereocenters. The van der Waals surface area contributed by atoms with Gasteiger partial charge >= 0.3 is 0 Å². The minimum Gasteiger partial charge on any atom is -0.339 e. The largest absolute Gasteiger partial charge is 0.339 e. The van der Waals surface area contributed by atoms with Crippen molar-refractivity contribution in [3.63, 3.8) is 0 Å². The number of benzene rings is 1. The van der Waals surface area contributed by atoms with Crippen LogP contribution < -0.4 is 5.32 Å². The van der Waals surface area contributed by atoms with Gasteiger partial charge in [-0.15, -0.1) is 35.9 Å². The Bertz CT molecular complexity index is 580. The average molecular weight is 413 g/mol. The maximum atomic E-state index is 12.8. The summed E-state index contributed by atoms with van der Waals surface area (Å²) in [4.78, 5) is 14.8. The van der Waals surface area contributed by atoms with Crippen LogP contribution in [0.3, 0.4) is 0 Å². The lowest BCUT2D eigenvalue weighted by atomic mass is 10.0. The van der Waals surface area contributed by atoms with Gasteiger partial charge in [-0.3, -0.25) is 4.79 Å². The summed E-state index contributed by atoms with van der Waals surface area (Å²) in [5, 5.41) is 3.68. The van der Waals surface area contributed by atoms with Crippen molar-refractivity contribution in [3.05, 3.63) is 35.4 Å². The summed E-state index contributed by atoms with van der Waals surface area (Å²) < 4.78 is 0.547. The summed E-state index contributed by atoms with van der Waals surface area (Å²) in [6.45, 7) is 2.95. The number of carbonyl (C=O) groups is 1. The lowest BCUT2D eigenvalue weighted by Crippen LogP contribution is -2.45. The summed E-state index contributed by atoms with van der Waals surface area (Å²) in [5.41, 5.74) is 2.20. The zero-order valence-corrected chi connectivity index (χ0v) is 17.6. The number of hydrogen-bond donors (Lipinski definition) is 1. The highest BCUT2D eigenvalue weighted by atomic mass is 35.5. The summed E-state index contributed by atoms with van der Waals surface area (Å²) in [5.74, 6) is 3.64. The van der Waals surface area contributed by atoms with Crippen LogP contribution in [0.5, 0.6) is 0 Å². The molecule has 3 aliphatic rings. The first-order chi connectivity index (χ1) is 12.3. The molecule has 26 heavy (non-hydrogen) atoms. The highest BCUT2D eigenvalue weighted by molar-refractivity contribution is 8.16. The van der Waals surface area contributed by atoms with Crippen LogP contribution in [0.15, 0.2) is 24.3 Å². The van der Waals surface area contributed by atoms with Crippen molar-refractivity contribution in [3.8, 4) is 0 Å². The second-order valence-corrected chi connectivity index (χ2v) is 10.2. The number of nitrogens with zero attached hydrogens (tertiary/aromatic N) is 1. The molecular formula is C20H29ClN2OS2. The van der Waals surface area contributed by atoms with Crippen LogP contribution in [-0.4, -0.2) is 48.0 Å². The molecular weight excluding hydrogens is 384 g/mol. The average Bonchev–Trinajstić information content (AvgIpc) is 3.52. The molecule has 1 saturated carbocycles. The van der Waals surface area contributed by atoms with Crippen LogP contribution >= 0.6 is 35.9 Å². The van der Waals surface area contributed by atoms with Crippen LogP contribution in [0.25, 0.3) is 0 Å². The van der Waals surface area contributed by atoms with Crippen LogP contribution in [0.1, 0.15) is 52.6 Å². The standard InChI is InChI=1S/C20H28N2OS2.ClH/c23-19(22-10-8-18(9-11-22)21-14-15-2-3-15)16-4-6-17(7-5-16)20-24-12-1-13-25-20;/h4-7,15,18,20-21H,1-3,8-14H2;1H. The number of thioether (sulfide) groups is 2. The van der Waals surface area contributed by atoms with Gasteiger partial charge in [-0.2, -0.15) is 0 Å². The number of piperidine rings is 1. The van der Waals surface area contributed by atoms with Crippen LogP contribution in [0.2, 0.25) is 0 Å². The monoisotopic (exact) mass is 412 g/mol. The Balaban J connectivity index is 0.00000196. The van der Waals surface area contributed by atoms with Crippen molar-refractivity contribution in [2.24, 2.45) is 5.92 Å². The molecule has 2 heterocycles. The van der Waals surface area contributed by atoms with E-state index in [0.717, 1.165) is 37.4 Å². The van der Waals surface area contributed by atoms with Gasteiger partial charge in [0.15, 0.2) is 0 Å². The number of likely N-dealkylation sites (tertiary alicyclic amines) is 1. The highest BCUT2D eigenvalue weighted by Gasteiger charge is 2.26. The maximum absolute atomic E-state index is 12.8. The molecule has 4 rings (SSSR count). The van der Waals surface area contributed by atoms with E-state index in [9.17, 15) is 4.79 Å². The smallest absolute Gasteiger partial charge is 0.253 e. The third kappa shape index (κ3) is 5.34. The number of amides is 1. The molecule has 0 unspecified atom stereocenters. The molecule has 0 aromatic heterocycles. The van der Waals surface area contributed by atoms with E-state index in [4.69, 9.17) is 0 Å². The van der Waals surface area contributed by atoms with Gasteiger partial charge in [0.2, 0.25) is 0 Å². The molecule has 0 radical (unpaired) electrons. The van der Waals surface area contributed by atoms with Crippen LogP contribution in [0.4, 0.5) is 0 Å². The number of hydrogen-bond acceptors (Lipinski definition) is 4. The van der Waals surface area contributed by atoms with Gasteiger partial charge in [-0.05, 0) is 73.8 Å². The highest BCUT2D eigenvalue weighted by Crippen LogP contribution is 2.43. The van der Waals surface area contributed by atoms with E-state index in [1.165, 1.54) is 42.9 Å². The molecule has 1 N–H and O–H groups in total. The Hall–Kier alpha value is -0.360. The molecule has 6 heteroatoms. The quantitative estimate of drug-likeness (QED) is 0.767. The Kier molecular flexibility index (Phi) is 7.62. The molecule has 1 aromatic carbocycles. The van der Waals surface area contributed by atoms with E-state index in [2.05, 4.69) is 17.4 Å². The molecule has 1 amide bonds. The zero-order valence-electron chi connectivity index (χ0n) is 15.2. The Morgan fingerprint density at radius 3 is 2.31 bits per heavy atom. The molecule has 3 fully saturated rings. The predicted octanol–water partition coefficient (Wildman–Crippen LogP) is 4.58. The number of nitrogens with one attached hydrogen (secondary N) is 1. The number of rotatable bonds is 5. The van der Waals surface area contributed by atoms with Gasteiger partial charge in [0.1, 0.15) is 0 Å². The third-order valence-electron chi connectivity index (χ3n) is 5.43.